The molecule has 0 aromatic heterocycles. The van der Waals surface area contributed by atoms with Crippen LogP contribution in [0.3, 0.4) is 0 Å². The van der Waals surface area contributed by atoms with Crippen molar-refractivity contribution in [2.75, 3.05) is 25.0 Å². The largest absolute Gasteiger partial charge is 0.373 e. The van der Waals surface area contributed by atoms with Crippen molar-refractivity contribution in [3.05, 3.63) is 28.5 Å². The first-order valence-electron chi connectivity index (χ1n) is 5.64. The highest BCUT2D eigenvalue weighted by atomic mass is 79.9. The van der Waals surface area contributed by atoms with Gasteiger partial charge < -0.3 is 10.2 Å². The highest BCUT2D eigenvalue weighted by Crippen LogP contribution is 2.24. The van der Waals surface area contributed by atoms with E-state index in [2.05, 4.69) is 21.2 Å². The van der Waals surface area contributed by atoms with Gasteiger partial charge in [-0.05, 0) is 40.9 Å². The predicted molar refractivity (Wildman–Crippen MR) is 68.4 cm³/mol. The molecule has 17 heavy (non-hydrogen) atoms. The molecule has 0 bridgehead atoms. The lowest BCUT2D eigenvalue weighted by molar-refractivity contribution is -0.128. The van der Waals surface area contributed by atoms with E-state index < -0.39 is 0 Å². The van der Waals surface area contributed by atoms with Gasteiger partial charge >= 0.3 is 0 Å². The summed E-state index contributed by atoms with van der Waals surface area (Å²) in [6.45, 7) is 1.78. The smallest absolute Gasteiger partial charge is 0.241 e. The zero-order valence-electron chi connectivity index (χ0n) is 9.38. The highest BCUT2D eigenvalue weighted by molar-refractivity contribution is 9.10. The van der Waals surface area contributed by atoms with E-state index >= 15 is 0 Å². The number of amides is 1. The molecule has 1 aromatic rings. The molecule has 1 heterocycles. The average Bonchev–Trinajstić information content (AvgIpc) is 2.81. The van der Waals surface area contributed by atoms with Crippen molar-refractivity contribution < 1.29 is 9.18 Å². The van der Waals surface area contributed by atoms with E-state index in [1.807, 2.05) is 4.90 Å². The van der Waals surface area contributed by atoms with Crippen LogP contribution in [-0.4, -0.2) is 30.4 Å². The van der Waals surface area contributed by atoms with Crippen molar-refractivity contribution in [1.29, 1.82) is 0 Å². The van der Waals surface area contributed by atoms with Gasteiger partial charge in [-0.2, -0.15) is 0 Å². The maximum absolute atomic E-state index is 13.5. The average molecular weight is 301 g/mol. The quantitative estimate of drug-likeness (QED) is 0.931. The van der Waals surface area contributed by atoms with Gasteiger partial charge in [0.1, 0.15) is 5.82 Å². The van der Waals surface area contributed by atoms with Crippen molar-refractivity contribution in [2.24, 2.45) is 0 Å². The van der Waals surface area contributed by atoms with Crippen molar-refractivity contribution in [3.63, 3.8) is 0 Å². The summed E-state index contributed by atoms with van der Waals surface area (Å²) >= 11 is 3.25. The van der Waals surface area contributed by atoms with Crippen molar-refractivity contribution in [2.45, 2.75) is 12.8 Å². The molecule has 1 N–H and O–H groups in total. The number of likely N-dealkylation sites (tertiary alicyclic amines) is 1. The Hall–Kier alpha value is -1.10. The first-order chi connectivity index (χ1) is 8.18. The van der Waals surface area contributed by atoms with Gasteiger partial charge in [0, 0.05) is 17.6 Å². The summed E-state index contributed by atoms with van der Waals surface area (Å²) in [6.07, 6.45) is 2.13. The standard InChI is InChI=1S/C12H14BrFN2O/c13-9-4-3-5-10(14)12(9)15-8-11(17)16-6-1-2-7-16/h3-5,15H,1-2,6-8H2. The second-order valence-electron chi connectivity index (χ2n) is 4.04. The van der Waals surface area contributed by atoms with Crippen LogP contribution in [0.4, 0.5) is 10.1 Å². The Morgan fingerprint density at radius 3 is 2.76 bits per heavy atom. The number of carbonyl (C=O) groups is 1. The van der Waals surface area contributed by atoms with Gasteiger partial charge in [-0.15, -0.1) is 0 Å². The molecule has 0 atom stereocenters. The molecule has 1 fully saturated rings. The third-order valence-electron chi connectivity index (χ3n) is 2.84. The summed E-state index contributed by atoms with van der Waals surface area (Å²) in [5.74, 6) is -0.328. The summed E-state index contributed by atoms with van der Waals surface area (Å²) in [7, 11) is 0. The van der Waals surface area contributed by atoms with Crippen molar-refractivity contribution in [3.8, 4) is 0 Å². The maximum atomic E-state index is 13.5. The van der Waals surface area contributed by atoms with E-state index in [1.54, 1.807) is 12.1 Å². The molecule has 92 valence electrons. The maximum Gasteiger partial charge on any atom is 0.241 e. The van der Waals surface area contributed by atoms with Crippen LogP contribution in [0, 0.1) is 5.82 Å². The van der Waals surface area contributed by atoms with Gasteiger partial charge in [-0.3, -0.25) is 4.79 Å². The predicted octanol–water partition coefficient (Wildman–Crippen LogP) is 2.62. The Kier molecular flexibility index (Phi) is 3.99. The summed E-state index contributed by atoms with van der Waals surface area (Å²) < 4.78 is 14.1. The molecule has 0 spiro atoms. The Morgan fingerprint density at radius 1 is 1.41 bits per heavy atom. The topological polar surface area (TPSA) is 32.3 Å². The van der Waals surface area contributed by atoms with Crippen molar-refractivity contribution in [1.82, 2.24) is 4.90 Å². The van der Waals surface area contributed by atoms with Crippen LogP contribution in [0.1, 0.15) is 12.8 Å². The number of carbonyl (C=O) groups excluding carboxylic acids is 1. The lowest BCUT2D eigenvalue weighted by Gasteiger charge is -2.16. The van der Waals surface area contributed by atoms with Crippen LogP contribution in [-0.2, 0) is 4.79 Å². The molecule has 0 unspecified atom stereocenters. The number of rotatable bonds is 3. The molecule has 0 aliphatic carbocycles. The number of hydrogen-bond acceptors (Lipinski definition) is 2. The summed E-state index contributed by atoms with van der Waals surface area (Å²) in [5.41, 5.74) is 0.347. The number of halogens is 2. The highest BCUT2D eigenvalue weighted by Gasteiger charge is 2.18. The minimum Gasteiger partial charge on any atom is -0.373 e. The fourth-order valence-corrected chi connectivity index (χ4v) is 2.39. The van der Waals surface area contributed by atoms with E-state index in [1.165, 1.54) is 6.07 Å². The molecule has 2 rings (SSSR count). The summed E-state index contributed by atoms with van der Waals surface area (Å²) in [4.78, 5) is 13.6. The van der Waals surface area contributed by atoms with Crippen LogP contribution >= 0.6 is 15.9 Å². The molecule has 1 aromatic carbocycles. The fraction of sp³-hybridized carbons (Fsp3) is 0.417. The molecule has 1 aliphatic heterocycles. The monoisotopic (exact) mass is 300 g/mol. The van der Waals surface area contributed by atoms with Crippen LogP contribution in [0.5, 0.6) is 0 Å². The van der Waals surface area contributed by atoms with E-state index in [9.17, 15) is 9.18 Å². The van der Waals surface area contributed by atoms with Gasteiger partial charge in [0.05, 0.1) is 12.2 Å². The third-order valence-corrected chi connectivity index (χ3v) is 3.50. The fourth-order valence-electron chi connectivity index (χ4n) is 1.91. The number of nitrogens with one attached hydrogen (secondary N) is 1. The van der Waals surface area contributed by atoms with E-state index in [-0.39, 0.29) is 18.3 Å². The Labute approximate surface area is 108 Å². The Balaban J connectivity index is 1.95. The minimum atomic E-state index is -0.353. The van der Waals surface area contributed by atoms with Crippen LogP contribution < -0.4 is 5.32 Å². The lowest BCUT2D eigenvalue weighted by Crippen LogP contribution is -2.33. The van der Waals surface area contributed by atoms with Gasteiger partial charge in [0.15, 0.2) is 0 Å². The molecular formula is C12H14BrFN2O. The van der Waals surface area contributed by atoms with Crippen LogP contribution in [0.25, 0.3) is 0 Å². The molecule has 1 saturated heterocycles. The second-order valence-corrected chi connectivity index (χ2v) is 4.89. The molecule has 0 saturated carbocycles. The van der Waals surface area contributed by atoms with Gasteiger partial charge in [0.25, 0.3) is 0 Å². The van der Waals surface area contributed by atoms with Crippen molar-refractivity contribution >= 4 is 27.5 Å². The van der Waals surface area contributed by atoms with E-state index in [0.29, 0.717) is 10.2 Å². The molecule has 3 nitrogen and oxygen atoms in total. The summed E-state index contributed by atoms with van der Waals surface area (Å²) in [5, 5.41) is 2.84. The second kappa shape index (κ2) is 5.49. The first kappa shape index (κ1) is 12.4. The zero-order valence-corrected chi connectivity index (χ0v) is 11.0. The number of nitrogens with zero attached hydrogens (tertiary/aromatic N) is 1. The van der Waals surface area contributed by atoms with Gasteiger partial charge in [0.2, 0.25) is 5.91 Å². The van der Waals surface area contributed by atoms with Gasteiger partial charge in [-0.1, -0.05) is 6.07 Å². The SMILES string of the molecule is O=C(CNc1c(F)cccc1Br)N1CCCC1. The third kappa shape index (κ3) is 2.97. The lowest BCUT2D eigenvalue weighted by atomic mass is 10.3. The van der Waals surface area contributed by atoms with Crippen LogP contribution in [0.2, 0.25) is 0 Å². The summed E-state index contributed by atoms with van der Waals surface area (Å²) in [6, 6.07) is 4.73. The number of anilines is 1. The minimum absolute atomic E-state index is 0.0256. The molecular weight excluding hydrogens is 287 g/mol. The molecule has 0 radical (unpaired) electrons. The van der Waals surface area contributed by atoms with E-state index in [0.717, 1.165) is 25.9 Å². The molecule has 5 heteroatoms. The number of hydrogen-bond donors (Lipinski definition) is 1. The normalized spacial score (nSPS) is 15.1. The van der Waals surface area contributed by atoms with Crippen LogP contribution in [0.15, 0.2) is 22.7 Å². The van der Waals surface area contributed by atoms with Gasteiger partial charge in [-0.25, -0.2) is 4.39 Å². The Bertz CT molecular complexity index is 399. The van der Waals surface area contributed by atoms with E-state index in [4.69, 9.17) is 0 Å². The molecule has 1 amide bonds. The number of para-hydroxylation sites is 1. The first-order valence-corrected chi connectivity index (χ1v) is 6.43. The zero-order chi connectivity index (χ0) is 12.3. The molecule has 1 aliphatic rings. The Morgan fingerprint density at radius 2 is 2.12 bits per heavy atom. The number of benzene rings is 1.